The number of carbonyl (C=O) groups excluding carboxylic acids is 1. The number of hydrogen-bond donors (Lipinski definition) is 1. The van der Waals surface area contributed by atoms with Crippen LogP contribution >= 0.6 is 0 Å². The van der Waals surface area contributed by atoms with Crippen LogP contribution in [-0.2, 0) is 9.53 Å². The molecule has 0 saturated carbocycles. The Kier molecular flexibility index (Phi) is 4.49. The van der Waals surface area contributed by atoms with Crippen molar-refractivity contribution in [1.29, 1.82) is 0 Å². The fourth-order valence-corrected chi connectivity index (χ4v) is 2.78. The minimum Gasteiger partial charge on any atom is -0.380 e. The van der Waals surface area contributed by atoms with Crippen molar-refractivity contribution in [3.05, 3.63) is 66.0 Å². The van der Waals surface area contributed by atoms with Gasteiger partial charge in [0.05, 0.1) is 25.2 Å². The topological polar surface area (TPSA) is 38.3 Å². The molecule has 1 heterocycles. The first-order valence-electron chi connectivity index (χ1n) is 7.42. The number of benzene rings is 2. The van der Waals surface area contributed by atoms with Gasteiger partial charge in [0.1, 0.15) is 11.6 Å². The van der Waals surface area contributed by atoms with Crippen LogP contribution in [-0.4, -0.2) is 19.0 Å². The number of ketones is 1. The average Bonchev–Trinajstić information content (AvgIpc) is 2.55. The number of halogens is 1. The van der Waals surface area contributed by atoms with Crippen LogP contribution in [0.3, 0.4) is 0 Å². The lowest BCUT2D eigenvalue weighted by atomic mass is 9.87. The summed E-state index contributed by atoms with van der Waals surface area (Å²) in [5.41, 5.74) is 1.35. The monoisotopic (exact) mass is 299 g/mol. The fourth-order valence-electron chi connectivity index (χ4n) is 2.78. The molecule has 0 amide bonds. The van der Waals surface area contributed by atoms with Crippen molar-refractivity contribution < 1.29 is 13.9 Å². The van der Waals surface area contributed by atoms with E-state index >= 15 is 0 Å². The Labute approximate surface area is 129 Å². The minimum atomic E-state index is -0.434. The number of ether oxygens (including phenoxy) is 1. The molecule has 4 heteroatoms. The van der Waals surface area contributed by atoms with Gasteiger partial charge in [-0.2, -0.15) is 0 Å². The van der Waals surface area contributed by atoms with Crippen LogP contribution in [0.4, 0.5) is 10.1 Å². The second-order valence-electron chi connectivity index (χ2n) is 5.41. The van der Waals surface area contributed by atoms with Gasteiger partial charge in [-0.05, 0) is 18.2 Å². The summed E-state index contributed by atoms with van der Waals surface area (Å²) in [7, 11) is 0. The summed E-state index contributed by atoms with van der Waals surface area (Å²) >= 11 is 0. The number of Topliss-reactive ketones (excluding diaryl/α,β-unsaturated/α-hetero) is 1. The Morgan fingerprint density at radius 3 is 2.55 bits per heavy atom. The quantitative estimate of drug-likeness (QED) is 0.937. The van der Waals surface area contributed by atoms with Crippen LogP contribution in [0.25, 0.3) is 0 Å². The normalized spacial score (nSPS) is 19.7. The molecule has 3 nitrogen and oxygen atoms in total. The predicted molar refractivity (Wildman–Crippen MR) is 83.1 cm³/mol. The van der Waals surface area contributed by atoms with Gasteiger partial charge in [0.25, 0.3) is 0 Å². The van der Waals surface area contributed by atoms with Gasteiger partial charge in [-0.15, -0.1) is 0 Å². The zero-order chi connectivity index (χ0) is 15.4. The third-order valence-corrected chi connectivity index (χ3v) is 3.94. The Hall–Kier alpha value is -2.20. The summed E-state index contributed by atoms with van der Waals surface area (Å²) in [5, 5.41) is 3.30. The lowest BCUT2D eigenvalue weighted by Crippen LogP contribution is -2.36. The zero-order valence-corrected chi connectivity index (χ0v) is 12.2. The molecule has 2 unspecified atom stereocenters. The molecule has 3 rings (SSSR count). The highest BCUT2D eigenvalue weighted by molar-refractivity contribution is 5.83. The van der Waals surface area contributed by atoms with Crippen LogP contribution in [0.1, 0.15) is 18.0 Å². The standard InChI is InChI=1S/C18H18FNO2/c19-16-9-5-4-8-14(16)18(15-12-22-11-10-17(15)21)20-13-6-2-1-3-7-13/h1-9,15,18,20H,10-12H2. The minimum absolute atomic E-state index is 0.114. The van der Waals surface area contributed by atoms with Gasteiger partial charge in [0.15, 0.2) is 0 Å². The van der Waals surface area contributed by atoms with Crippen LogP contribution in [0.2, 0.25) is 0 Å². The molecule has 0 radical (unpaired) electrons. The summed E-state index contributed by atoms with van der Waals surface area (Å²) in [5.74, 6) is -0.580. The van der Waals surface area contributed by atoms with E-state index < -0.39 is 6.04 Å². The van der Waals surface area contributed by atoms with Crippen molar-refractivity contribution in [2.45, 2.75) is 12.5 Å². The maximum atomic E-state index is 14.2. The second kappa shape index (κ2) is 6.71. The molecule has 1 aliphatic heterocycles. The van der Waals surface area contributed by atoms with E-state index in [1.54, 1.807) is 18.2 Å². The van der Waals surface area contributed by atoms with Crippen LogP contribution < -0.4 is 5.32 Å². The van der Waals surface area contributed by atoms with E-state index in [1.807, 2.05) is 30.3 Å². The smallest absolute Gasteiger partial charge is 0.142 e. The predicted octanol–water partition coefficient (Wildman–Crippen LogP) is 3.58. The van der Waals surface area contributed by atoms with E-state index in [0.29, 0.717) is 25.2 Å². The Balaban J connectivity index is 1.94. The van der Waals surface area contributed by atoms with Crippen LogP contribution in [0.5, 0.6) is 0 Å². The number of anilines is 1. The molecule has 0 bridgehead atoms. The van der Waals surface area contributed by atoms with E-state index in [1.165, 1.54) is 6.07 Å². The molecule has 0 aliphatic carbocycles. The first-order valence-corrected chi connectivity index (χ1v) is 7.42. The molecule has 1 fully saturated rings. The van der Waals surface area contributed by atoms with E-state index in [2.05, 4.69) is 5.32 Å². The third kappa shape index (κ3) is 3.17. The molecule has 0 aromatic heterocycles. The molecule has 1 N–H and O–H groups in total. The van der Waals surface area contributed by atoms with Crippen LogP contribution in [0, 0.1) is 11.7 Å². The average molecular weight is 299 g/mol. The molecule has 1 aliphatic rings. The molecule has 0 spiro atoms. The molecule has 114 valence electrons. The van der Waals surface area contributed by atoms with Gasteiger partial charge >= 0.3 is 0 Å². The molecule has 2 aromatic carbocycles. The first-order chi connectivity index (χ1) is 10.8. The highest BCUT2D eigenvalue weighted by Crippen LogP contribution is 2.31. The van der Waals surface area contributed by atoms with Crippen LogP contribution in [0.15, 0.2) is 54.6 Å². The Morgan fingerprint density at radius 2 is 1.82 bits per heavy atom. The maximum Gasteiger partial charge on any atom is 0.142 e. The summed E-state index contributed by atoms with van der Waals surface area (Å²) < 4.78 is 19.7. The van der Waals surface area contributed by atoms with Gasteiger partial charge in [-0.3, -0.25) is 4.79 Å². The highest BCUT2D eigenvalue weighted by atomic mass is 19.1. The SMILES string of the molecule is O=C1CCOCC1C(Nc1ccccc1)c1ccccc1F. The van der Waals surface area contributed by atoms with Crippen molar-refractivity contribution >= 4 is 11.5 Å². The lowest BCUT2D eigenvalue weighted by molar-refractivity contribution is -0.131. The highest BCUT2D eigenvalue weighted by Gasteiger charge is 2.33. The van der Waals surface area contributed by atoms with Gasteiger partial charge in [0.2, 0.25) is 0 Å². The van der Waals surface area contributed by atoms with Crippen molar-refractivity contribution in [3.8, 4) is 0 Å². The Bertz CT molecular complexity index is 645. The first kappa shape index (κ1) is 14.7. The zero-order valence-electron chi connectivity index (χ0n) is 12.2. The summed E-state index contributed by atoms with van der Waals surface area (Å²) in [6, 6.07) is 15.7. The Morgan fingerprint density at radius 1 is 1.09 bits per heavy atom. The van der Waals surface area contributed by atoms with Gasteiger partial charge in [0, 0.05) is 17.7 Å². The van der Waals surface area contributed by atoms with Crippen molar-refractivity contribution in [1.82, 2.24) is 0 Å². The van der Waals surface area contributed by atoms with Crippen molar-refractivity contribution in [3.63, 3.8) is 0 Å². The van der Waals surface area contributed by atoms with Gasteiger partial charge < -0.3 is 10.1 Å². The van der Waals surface area contributed by atoms with Gasteiger partial charge in [-0.1, -0.05) is 36.4 Å². The van der Waals surface area contributed by atoms with Gasteiger partial charge in [-0.25, -0.2) is 4.39 Å². The number of hydrogen-bond acceptors (Lipinski definition) is 3. The van der Waals surface area contributed by atoms with E-state index in [0.717, 1.165) is 5.69 Å². The maximum absolute atomic E-state index is 14.2. The molecular weight excluding hydrogens is 281 g/mol. The molecule has 22 heavy (non-hydrogen) atoms. The summed E-state index contributed by atoms with van der Waals surface area (Å²) in [6.45, 7) is 0.766. The van der Waals surface area contributed by atoms with E-state index in [-0.39, 0.29) is 17.5 Å². The van der Waals surface area contributed by atoms with E-state index in [9.17, 15) is 9.18 Å². The molecular formula is C18H18FNO2. The molecule has 1 saturated heterocycles. The molecule has 2 aromatic rings. The van der Waals surface area contributed by atoms with Crippen molar-refractivity contribution in [2.24, 2.45) is 5.92 Å². The van der Waals surface area contributed by atoms with Crippen molar-refractivity contribution in [2.75, 3.05) is 18.5 Å². The number of para-hydroxylation sites is 1. The summed E-state index contributed by atoms with van der Waals surface area (Å²) in [4.78, 5) is 12.3. The number of rotatable bonds is 4. The third-order valence-electron chi connectivity index (χ3n) is 3.94. The van der Waals surface area contributed by atoms with E-state index in [4.69, 9.17) is 4.74 Å². The molecule has 2 atom stereocenters. The second-order valence-corrected chi connectivity index (χ2v) is 5.41. The largest absolute Gasteiger partial charge is 0.380 e. The summed E-state index contributed by atoms with van der Waals surface area (Å²) in [6.07, 6.45) is 0.381. The lowest BCUT2D eigenvalue weighted by Gasteiger charge is -2.31. The number of carbonyl (C=O) groups is 1. The fraction of sp³-hybridized carbons (Fsp3) is 0.278. The number of nitrogens with one attached hydrogen (secondary N) is 1.